The smallest absolute Gasteiger partial charge is 0.270 e. The van der Waals surface area contributed by atoms with Gasteiger partial charge in [0.05, 0.1) is 29.8 Å². The lowest BCUT2D eigenvalue weighted by molar-refractivity contribution is -0.384. The second kappa shape index (κ2) is 9.96. The van der Waals surface area contributed by atoms with E-state index in [1.807, 2.05) is 0 Å². The Morgan fingerprint density at radius 1 is 1.17 bits per heavy atom. The van der Waals surface area contributed by atoms with Gasteiger partial charge in [0.15, 0.2) is 0 Å². The SMILES string of the molecule is COc1ccc(OCCNC(=O)c2cc([N+](=O)[O-])ccc2N2CCC(C)CC2)cc1. The van der Waals surface area contributed by atoms with Crippen molar-refractivity contribution in [2.75, 3.05) is 38.3 Å². The molecule has 2 aromatic carbocycles. The van der Waals surface area contributed by atoms with Crippen LogP contribution in [0.2, 0.25) is 0 Å². The minimum atomic E-state index is -0.481. The van der Waals surface area contributed by atoms with Crippen LogP contribution in [0, 0.1) is 16.0 Å². The lowest BCUT2D eigenvalue weighted by atomic mass is 9.98. The summed E-state index contributed by atoms with van der Waals surface area (Å²) in [7, 11) is 1.60. The molecule has 0 aliphatic carbocycles. The van der Waals surface area contributed by atoms with Crippen molar-refractivity contribution < 1.29 is 19.2 Å². The lowest BCUT2D eigenvalue weighted by Crippen LogP contribution is -2.35. The number of nitro groups is 1. The molecule has 0 bridgehead atoms. The van der Waals surface area contributed by atoms with E-state index < -0.39 is 4.92 Å². The maximum Gasteiger partial charge on any atom is 0.270 e. The van der Waals surface area contributed by atoms with Crippen molar-refractivity contribution in [3.63, 3.8) is 0 Å². The predicted molar refractivity (Wildman–Crippen MR) is 115 cm³/mol. The summed E-state index contributed by atoms with van der Waals surface area (Å²) in [6.45, 7) is 4.44. The Balaban J connectivity index is 1.63. The van der Waals surface area contributed by atoms with E-state index in [0.717, 1.165) is 37.4 Å². The average molecular weight is 413 g/mol. The highest BCUT2D eigenvalue weighted by Gasteiger charge is 2.23. The number of ether oxygens (including phenoxy) is 2. The van der Waals surface area contributed by atoms with Gasteiger partial charge in [0, 0.05) is 25.2 Å². The summed E-state index contributed by atoms with van der Waals surface area (Å²) in [6.07, 6.45) is 2.07. The molecular weight excluding hydrogens is 386 g/mol. The molecule has 8 nitrogen and oxygen atoms in total. The van der Waals surface area contributed by atoms with Crippen molar-refractivity contribution >= 4 is 17.3 Å². The van der Waals surface area contributed by atoms with Gasteiger partial charge in [-0.2, -0.15) is 0 Å². The number of methoxy groups -OCH3 is 1. The van der Waals surface area contributed by atoms with Gasteiger partial charge in [0.1, 0.15) is 18.1 Å². The predicted octanol–water partition coefficient (Wildman–Crippen LogP) is 3.65. The third-order valence-corrected chi connectivity index (χ3v) is 5.28. The van der Waals surface area contributed by atoms with Crippen LogP contribution in [0.1, 0.15) is 30.1 Å². The number of rotatable bonds is 8. The number of benzene rings is 2. The number of nitrogens with zero attached hydrogens (tertiary/aromatic N) is 2. The van der Waals surface area contributed by atoms with E-state index in [0.29, 0.717) is 17.2 Å². The fourth-order valence-corrected chi connectivity index (χ4v) is 3.45. The van der Waals surface area contributed by atoms with E-state index in [-0.39, 0.29) is 24.7 Å². The molecule has 1 aliphatic heterocycles. The zero-order valence-electron chi connectivity index (χ0n) is 17.3. The first kappa shape index (κ1) is 21.4. The Kier molecular flexibility index (Phi) is 7.11. The molecule has 30 heavy (non-hydrogen) atoms. The number of hydrogen-bond donors (Lipinski definition) is 1. The van der Waals surface area contributed by atoms with Crippen molar-refractivity contribution in [3.8, 4) is 11.5 Å². The summed E-state index contributed by atoms with van der Waals surface area (Å²) >= 11 is 0. The first-order valence-electron chi connectivity index (χ1n) is 10.1. The molecule has 0 aromatic heterocycles. The van der Waals surface area contributed by atoms with Crippen LogP contribution in [0.3, 0.4) is 0 Å². The third kappa shape index (κ3) is 5.40. The highest BCUT2D eigenvalue weighted by atomic mass is 16.6. The number of carbonyl (C=O) groups is 1. The van der Waals surface area contributed by atoms with Crippen molar-refractivity contribution in [1.82, 2.24) is 5.32 Å². The molecule has 1 saturated heterocycles. The van der Waals surface area contributed by atoms with Crippen molar-refractivity contribution in [3.05, 3.63) is 58.1 Å². The molecule has 160 valence electrons. The summed E-state index contributed by atoms with van der Waals surface area (Å²) in [5, 5.41) is 14.0. The van der Waals surface area contributed by atoms with E-state index in [1.165, 1.54) is 12.1 Å². The maximum absolute atomic E-state index is 12.8. The Hall–Kier alpha value is -3.29. The first-order chi connectivity index (χ1) is 14.5. The Bertz CT molecular complexity index is 877. The fraction of sp³-hybridized carbons (Fsp3) is 0.409. The number of piperidine rings is 1. The van der Waals surface area contributed by atoms with Crippen LogP contribution in [-0.2, 0) is 0 Å². The monoisotopic (exact) mass is 413 g/mol. The van der Waals surface area contributed by atoms with Gasteiger partial charge in [0.2, 0.25) is 0 Å². The van der Waals surface area contributed by atoms with E-state index in [1.54, 1.807) is 37.4 Å². The van der Waals surface area contributed by atoms with Gasteiger partial charge >= 0.3 is 0 Å². The topological polar surface area (TPSA) is 93.9 Å². The quantitative estimate of drug-likeness (QED) is 0.403. The van der Waals surface area contributed by atoms with E-state index in [9.17, 15) is 14.9 Å². The van der Waals surface area contributed by atoms with E-state index >= 15 is 0 Å². The zero-order valence-corrected chi connectivity index (χ0v) is 17.3. The highest BCUT2D eigenvalue weighted by molar-refractivity contribution is 6.00. The standard InChI is InChI=1S/C22H27N3O5/c1-16-9-12-24(13-10-16)21-8-3-17(25(27)28)15-20(21)22(26)23-11-14-30-19-6-4-18(29-2)5-7-19/h3-8,15-16H,9-14H2,1-2H3,(H,23,26). The number of carbonyl (C=O) groups excluding carboxylic acids is 1. The van der Waals surface area contributed by atoms with Gasteiger partial charge in [-0.3, -0.25) is 14.9 Å². The molecule has 1 amide bonds. The molecule has 0 spiro atoms. The molecule has 1 N–H and O–H groups in total. The summed E-state index contributed by atoms with van der Waals surface area (Å²) in [5.74, 6) is 1.71. The molecule has 1 heterocycles. The maximum atomic E-state index is 12.8. The van der Waals surface area contributed by atoms with Crippen LogP contribution in [0.5, 0.6) is 11.5 Å². The number of nitro benzene ring substituents is 1. The number of non-ortho nitro benzene ring substituents is 1. The molecule has 0 unspecified atom stereocenters. The average Bonchev–Trinajstić information content (AvgIpc) is 2.77. The van der Waals surface area contributed by atoms with Crippen LogP contribution in [-0.4, -0.2) is 44.2 Å². The van der Waals surface area contributed by atoms with Crippen LogP contribution in [0.25, 0.3) is 0 Å². The van der Waals surface area contributed by atoms with Crippen LogP contribution >= 0.6 is 0 Å². The van der Waals surface area contributed by atoms with Gasteiger partial charge in [-0.1, -0.05) is 6.92 Å². The largest absolute Gasteiger partial charge is 0.497 e. The minimum absolute atomic E-state index is 0.0937. The molecule has 0 radical (unpaired) electrons. The normalized spacial score (nSPS) is 14.3. The second-order valence-corrected chi connectivity index (χ2v) is 7.41. The van der Waals surface area contributed by atoms with Crippen molar-refractivity contribution in [2.45, 2.75) is 19.8 Å². The van der Waals surface area contributed by atoms with Gasteiger partial charge in [-0.05, 0) is 49.1 Å². The fourth-order valence-electron chi connectivity index (χ4n) is 3.45. The van der Waals surface area contributed by atoms with Crippen molar-refractivity contribution in [1.29, 1.82) is 0 Å². The number of anilines is 1. The van der Waals surface area contributed by atoms with Gasteiger partial charge in [-0.15, -0.1) is 0 Å². The van der Waals surface area contributed by atoms with Gasteiger partial charge in [0.25, 0.3) is 11.6 Å². The molecule has 0 saturated carbocycles. The van der Waals surface area contributed by atoms with Crippen LogP contribution in [0.4, 0.5) is 11.4 Å². The van der Waals surface area contributed by atoms with Crippen LogP contribution < -0.4 is 19.7 Å². The summed E-state index contributed by atoms with van der Waals surface area (Å²) in [5.41, 5.74) is 0.966. The summed E-state index contributed by atoms with van der Waals surface area (Å²) < 4.78 is 10.7. The van der Waals surface area contributed by atoms with Gasteiger partial charge < -0.3 is 19.7 Å². The zero-order chi connectivity index (χ0) is 21.5. The minimum Gasteiger partial charge on any atom is -0.497 e. The molecule has 8 heteroatoms. The molecule has 1 fully saturated rings. The summed E-state index contributed by atoms with van der Waals surface area (Å²) in [4.78, 5) is 25.7. The third-order valence-electron chi connectivity index (χ3n) is 5.28. The lowest BCUT2D eigenvalue weighted by Gasteiger charge is -2.33. The van der Waals surface area contributed by atoms with E-state index in [4.69, 9.17) is 9.47 Å². The molecule has 1 aliphatic rings. The molecular formula is C22H27N3O5. The highest BCUT2D eigenvalue weighted by Crippen LogP contribution is 2.29. The molecule has 0 atom stereocenters. The second-order valence-electron chi connectivity index (χ2n) is 7.41. The number of hydrogen-bond acceptors (Lipinski definition) is 6. The first-order valence-corrected chi connectivity index (χ1v) is 10.1. The summed E-state index contributed by atoms with van der Waals surface area (Å²) in [6, 6.07) is 11.7. The number of nitrogens with one attached hydrogen (secondary N) is 1. The molecule has 2 aromatic rings. The molecule has 3 rings (SSSR count). The van der Waals surface area contributed by atoms with Crippen LogP contribution in [0.15, 0.2) is 42.5 Å². The van der Waals surface area contributed by atoms with Gasteiger partial charge in [-0.25, -0.2) is 0 Å². The Morgan fingerprint density at radius 3 is 2.47 bits per heavy atom. The number of amides is 1. The van der Waals surface area contributed by atoms with Crippen molar-refractivity contribution in [2.24, 2.45) is 5.92 Å². The van der Waals surface area contributed by atoms with E-state index in [2.05, 4.69) is 17.1 Å². The Labute approximate surface area is 175 Å². The Morgan fingerprint density at radius 2 is 1.83 bits per heavy atom.